The number of benzene rings is 1. The average molecular weight is 255 g/mol. The standard InChI is InChI=1S/C13H13N5O/c1-9(2)18-11-6-4-3-5-10(11)12(13(18)19)16-17-7-14-15-8-17/h3-9H,1-2H3. The Hall–Kier alpha value is -2.50. The third-order valence-electron chi connectivity index (χ3n) is 2.98. The van der Waals surface area contributed by atoms with Crippen molar-refractivity contribution in [3.63, 3.8) is 0 Å². The maximum Gasteiger partial charge on any atom is 0.279 e. The van der Waals surface area contributed by atoms with Gasteiger partial charge < -0.3 is 4.90 Å². The van der Waals surface area contributed by atoms with E-state index in [9.17, 15) is 4.79 Å². The number of hydrogen-bond acceptors (Lipinski definition) is 4. The number of fused-ring (bicyclic) bond motifs is 1. The van der Waals surface area contributed by atoms with E-state index in [0.29, 0.717) is 5.71 Å². The molecule has 0 bridgehead atoms. The smallest absolute Gasteiger partial charge is 0.279 e. The van der Waals surface area contributed by atoms with Crippen LogP contribution in [-0.4, -0.2) is 32.5 Å². The Morgan fingerprint density at radius 3 is 2.53 bits per heavy atom. The molecule has 0 aliphatic carbocycles. The monoisotopic (exact) mass is 255 g/mol. The topological polar surface area (TPSA) is 63.4 Å². The summed E-state index contributed by atoms with van der Waals surface area (Å²) in [4.78, 5) is 14.2. The van der Waals surface area contributed by atoms with Gasteiger partial charge in [0, 0.05) is 11.6 Å². The normalized spacial score (nSPS) is 16.5. The molecule has 0 spiro atoms. The van der Waals surface area contributed by atoms with E-state index in [1.54, 1.807) is 4.90 Å². The Kier molecular flexibility index (Phi) is 2.63. The van der Waals surface area contributed by atoms with Crippen LogP contribution in [0, 0.1) is 0 Å². The molecule has 1 amide bonds. The van der Waals surface area contributed by atoms with Crippen LogP contribution in [0.25, 0.3) is 0 Å². The molecule has 96 valence electrons. The summed E-state index contributed by atoms with van der Waals surface area (Å²) in [6, 6.07) is 7.74. The lowest BCUT2D eigenvalue weighted by molar-refractivity contribution is -0.112. The number of aromatic nitrogens is 3. The highest BCUT2D eigenvalue weighted by molar-refractivity contribution is 6.54. The number of anilines is 1. The molecule has 0 unspecified atom stereocenters. The SMILES string of the molecule is CC(C)N1C(=O)C(=Nn2cnnc2)c2ccccc21. The van der Waals surface area contributed by atoms with Crippen LogP contribution in [0.5, 0.6) is 0 Å². The summed E-state index contributed by atoms with van der Waals surface area (Å²) in [6.07, 6.45) is 2.92. The van der Waals surface area contributed by atoms with Gasteiger partial charge in [-0.25, -0.2) is 4.68 Å². The van der Waals surface area contributed by atoms with Gasteiger partial charge in [0.05, 0.1) is 5.69 Å². The highest BCUT2D eigenvalue weighted by Crippen LogP contribution is 2.30. The Morgan fingerprint density at radius 2 is 1.84 bits per heavy atom. The number of amides is 1. The number of rotatable bonds is 2. The van der Waals surface area contributed by atoms with Gasteiger partial charge >= 0.3 is 0 Å². The molecule has 0 atom stereocenters. The molecular formula is C13H13N5O. The third kappa shape index (κ3) is 1.81. The third-order valence-corrected chi connectivity index (χ3v) is 2.98. The van der Waals surface area contributed by atoms with Crippen molar-refractivity contribution >= 4 is 17.3 Å². The zero-order chi connectivity index (χ0) is 13.4. The van der Waals surface area contributed by atoms with Crippen molar-refractivity contribution in [1.82, 2.24) is 14.9 Å². The summed E-state index contributed by atoms with van der Waals surface area (Å²) in [7, 11) is 0. The van der Waals surface area contributed by atoms with E-state index in [1.165, 1.54) is 17.3 Å². The summed E-state index contributed by atoms with van der Waals surface area (Å²) < 4.78 is 1.44. The molecule has 2 heterocycles. The minimum atomic E-state index is -0.0927. The van der Waals surface area contributed by atoms with Crippen LogP contribution in [0.2, 0.25) is 0 Å². The van der Waals surface area contributed by atoms with Crippen LogP contribution >= 0.6 is 0 Å². The molecule has 1 aliphatic heterocycles. The summed E-state index contributed by atoms with van der Waals surface area (Å²) in [5, 5.41) is 11.7. The fourth-order valence-corrected chi connectivity index (χ4v) is 2.19. The minimum absolute atomic E-state index is 0.0854. The molecule has 19 heavy (non-hydrogen) atoms. The van der Waals surface area contributed by atoms with Gasteiger partial charge in [0.15, 0.2) is 5.71 Å². The van der Waals surface area contributed by atoms with Crippen molar-refractivity contribution in [3.8, 4) is 0 Å². The van der Waals surface area contributed by atoms with Gasteiger partial charge in [0.2, 0.25) is 0 Å². The van der Waals surface area contributed by atoms with E-state index in [0.717, 1.165) is 11.3 Å². The van der Waals surface area contributed by atoms with Crippen molar-refractivity contribution in [3.05, 3.63) is 42.5 Å². The van der Waals surface area contributed by atoms with Crippen molar-refractivity contribution in [2.45, 2.75) is 19.9 Å². The average Bonchev–Trinajstić information content (AvgIpc) is 2.97. The Balaban J connectivity index is 2.15. The molecule has 6 nitrogen and oxygen atoms in total. The van der Waals surface area contributed by atoms with Gasteiger partial charge in [0.25, 0.3) is 5.91 Å². The Labute approximate surface area is 110 Å². The lowest BCUT2D eigenvalue weighted by atomic mass is 10.1. The second kappa shape index (κ2) is 4.31. The van der Waals surface area contributed by atoms with Crippen LogP contribution < -0.4 is 4.90 Å². The zero-order valence-electron chi connectivity index (χ0n) is 10.7. The molecule has 1 aliphatic rings. The Bertz CT molecular complexity index is 645. The van der Waals surface area contributed by atoms with Gasteiger partial charge in [-0.2, -0.15) is 5.10 Å². The van der Waals surface area contributed by atoms with E-state index in [4.69, 9.17) is 0 Å². The number of nitrogens with zero attached hydrogens (tertiary/aromatic N) is 5. The van der Waals surface area contributed by atoms with Gasteiger partial charge in [-0.05, 0) is 19.9 Å². The van der Waals surface area contributed by atoms with E-state index < -0.39 is 0 Å². The quantitative estimate of drug-likeness (QED) is 0.812. The van der Waals surface area contributed by atoms with Gasteiger partial charge in [-0.15, -0.1) is 10.2 Å². The van der Waals surface area contributed by atoms with Crippen LogP contribution in [0.3, 0.4) is 0 Å². The predicted molar refractivity (Wildman–Crippen MR) is 71.0 cm³/mol. The van der Waals surface area contributed by atoms with E-state index in [1.807, 2.05) is 38.1 Å². The van der Waals surface area contributed by atoms with Crippen molar-refractivity contribution < 1.29 is 4.79 Å². The van der Waals surface area contributed by atoms with Gasteiger partial charge in [0.1, 0.15) is 12.7 Å². The molecule has 0 fully saturated rings. The minimum Gasteiger partial charge on any atom is -0.304 e. The fourth-order valence-electron chi connectivity index (χ4n) is 2.19. The van der Waals surface area contributed by atoms with Crippen LogP contribution in [0.15, 0.2) is 42.0 Å². The predicted octanol–water partition coefficient (Wildman–Crippen LogP) is 1.29. The maximum absolute atomic E-state index is 12.5. The lowest BCUT2D eigenvalue weighted by Crippen LogP contribution is -2.36. The molecule has 3 rings (SSSR count). The number of carbonyl (C=O) groups excluding carboxylic acids is 1. The second-order valence-corrected chi connectivity index (χ2v) is 4.58. The fraction of sp³-hybridized carbons (Fsp3) is 0.231. The second-order valence-electron chi connectivity index (χ2n) is 4.58. The van der Waals surface area contributed by atoms with E-state index in [-0.39, 0.29) is 11.9 Å². The van der Waals surface area contributed by atoms with Crippen molar-refractivity contribution in [2.75, 3.05) is 4.90 Å². The summed E-state index contributed by atoms with van der Waals surface area (Å²) in [6.45, 7) is 3.97. The number of hydrogen-bond donors (Lipinski definition) is 0. The van der Waals surface area contributed by atoms with Crippen LogP contribution in [0.4, 0.5) is 5.69 Å². The first-order chi connectivity index (χ1) is 9.18. The highest BCUT2D eigenvalue weighted by Gasteiger charge is 2.35. The highest BCUT2D eigenvalue weighted by atomic mass is 16.2. The largest absolute Gasteiger partial charge is 0.304 e. The summed E-state index contributed by atoms with van der Waals surface area (Å²) >= 11 is 0. The molecule has 0 N–H and O–H groups in total. The van der Waals surface area contributed by atoms with Crippen LogP contribution in [-0.2, 0) is 4.79 Å². The maximum atomic E-state index is 12.5. The summed E-state index contributed by atoms with van der Waals surface area (Å²) in [5.41, 5.74) is 2.16. The van der Waals surface area contributed by atoms with Gasteiger partial charge in [-0.1, -0.05) is 18.2 Å². The molecule has 0 saturated heterocycles. The molecular weight excluding hydrogens is 242 g/mol. The molecule has 1 aromatic heterocycles. The Morgan fingerprint density at radius 1 is 1.16 bits per heavy atom. The first-order valence-electron chi connectivity index (χ1n) is 6.05. The van der Waals surface area contributed by atoms with Crippen molar-refractivity contribution in [2.24, 2.45) is 5.10 Å². The van der Waals surface area contributed by atoms with Gasteiger partial charge in [-0.3, -0.25) is 4.79 Å². The molecule has 2 aromatic rings. The first-order valence-corrected chi connectivity index (χ1v) is 6.05. The number of para-hydroxylation sites is 1. The summed E-state index contributed by atoms with van der Waals surface area (Å²) in [5.74, 6) is -0.0927. The van der Waals surface area contributed by atoms with E-state index in [2.05, 4.69) is 15.3 Å². The van der Waals surface area contributed by atoms with Crippen LogP contribution in [0.1, 0.15) is 19.4 Å². The van der Waals surface area contributed by atoms with Crippen molar-refractivity contribution in [1.29, 1.82) is 0 Å². The molecule has 0 radical (unpaired) electrons. The molecule has 0 saturated carbocycles. The lowest BCUT2D eigenvalue weighted by Gasteiger charge is -2.20. The number of carbonyl (C=O) groups is 1. The molecule has 6 heteroatoms. The first kappa shape index (κ1) is 11.6. The van der Waals surface area contributed by atoms with E-state index >= 15 is 0 Å². The zero-order valence-corrected chi connectivity index (χ0v) is 10.7. The molecule has 1 aromatic carbocycles.